The van der Waals surface area contributed by atoms with E-state index in [0.29, 0.717) is 10.8 Å². The van der Waals surface area contributed by atoms with E-state index in [0.717, 1.165) is 13.0 Å². The standard InChI is InChI=1S/C11H21NOS/c1-10(2)8(6-9(10)13)12-7-11(14-3)4-5-11/h8-9,12-13H,4-7H2,1-3H3. The van der Waals surface area contributed by atoms with Gasteiger partial charge in [-0.25, -0.2) is 0 Å². The molecule has 0 saturated heterocycles. The van der Waals surface area contributed by atoms with E-state index in [1.54, 1.807) is 0 Å². The fraction of sp³-hybridized carbons (Fsp3) is 1.00. The number of hydrogen-bond donors (Lipinski definition) is 2. The molecule has 2 saturated carbocycles. The maximum atomic E-state index is 9.60. The summed E-state index contributed by atoms with van der Waals surface area (Å²) in [5, 5.41) is 13.2. The van der Waals surface area contributed by atoms with Gasteiger partial charge in [-0.2, -0.15) is 11.8 Å². The zero-order valence-corrected chi connectivity index (χ0v) is 10.2. The Hall–Kier alpha value is 0.270. The third kappa shape index (κ3) is 1.70. The van der Waals surface area contributed by atoms with Crippen LogP contribution in [0.15, 0.2) is 0 Å². The molecule has 0 bridgehead atoms. The lowest BCUT2D eigenvalue weighted by molar-refractivity contribution is -0.0722. The van der Waals surface area contributed by atoms with Gasteiger partial charge in [-0.05, 0) is 25.5 Å². The molecule has 0 radical (unpaired) electrons. The summed E-state index contributed by atoms with van der Waals surface area (Å²) in [5.41, 5.74) is 0.0779. The SMILES string of the molecule is CSC1(CNC2CC(O)C2(C)C)CC1. The van der Waals surface area contributed by atoms with Crippen molar-refractivity contribution in [2.24, 2.45) is 5.41 Å². The van der Waals surface area contributed by atoms with Gasteiger partial charge >= 0.3 is 0 Å². The van der Waals surface area contributed by atoms with Crippen LogP contribution in [0.5, 0.6) is 0 Å². The Kier molecular flexibility index (Phi) is 2.61. The van der Waals surface area contributed by atoms with Crippen molar-refractivity contribution in [3.63, 3.8) is 0 Å². The van der Waals surface area contributed by atoms with Gasteiger partial charge in [-0.15, -0.1) is 0 Å². The number of aliphatic hydroxyl groups excluding tert-OH is 1. The molecule has 0 aromatic heterocycles. The summed E-state index contributed by atoms with van der Waals surface area (Å²) in [7, 11) is 0. The minimum atomic E-state index is -0.107. The molecule has 3 heteroatoms. The summed E-state index contributed by atoms with van der Waals surface area (Å²) in [5.74, 6) is 0. The first kappa shape index (κ1) is 10.8. The maximum Gasteiger partial charge on any atom is 0.0621 e. The van der Waals surface area contributed by atoms with Crippen molar-refractivity contribution >= 4 is 11.8 Å². The van der Waals surface area contributed by atoms with E-state index in [-0.39, 0.29) is 11.5 Å². The van der Waals surface area contributed by atoms with E-state index in [4.69, 9.17) is 0 Å². The highest BCUT2D eigenvalue weighted by atomic mass is 32.2. The molecule has 0 spiro atoms. The number of aliphatic hydroxyl groups is 1. The van der Waals surface area contributed by atoms with Crippen molar-refractivity contribution in [1.29, 1.82) is 0 Å². The lowest BCUT2D eigenvalue weighted by atomic mass is 9.64. The molecule has 2 fully saturated rings. The second-order valence-corrected chi connectivity index (χ2v) is 6.67. The van der Waals surface area contributed by atoms with Crippen LogP contribution in [0.2, 0.25) is 0 Å². The fourth-order valence-corrected chi connectivity index (χ4v) is 2.89. The first-order valence-corrected chi connectivity index (χ1v) is 6.69. The van der Waals surface area contributed by atoms with Gasteiger partial charge in [0.25, 0.3) is 0 Å². The highest BCUT2D eigenvalue weighted by Crippen LogP contribution is 2.48. The van der Waals surface area contributed by atoms with E-state index < -0.39 is 0 Å². The number of hydrogen-bond acceptors (Lipinski definition) is 3. The monoisotopic (exact) mass is 215 g/mol. The molecule has 2 N–H and O–H groups in total. The lowest BCUT2D eigenvalue weighted by Gasteiger charge is -2.50. The number of nitrogens with one attached hydrogen (secondary N) is 1. The van der Waals surface area contributed by atoms with Gasteiger partial charge in [0, 0.05) is 22.7 Å². The molecule has 0 aromatic rings. The zero-order valence-electron chi connectivity index (χ0n) is 9.34. The first-order valence-electron chi connectivity index (χ1n) is 5.47. The molecule has 14 heavy (non-hydrogen) atoms. The van der Waals surface area contributed by atoms with Crippen molar-refractivity contribution in [2.75, 3.05) is 12.8 Å². The fourth-order valence-electron chi connectivity index (χ4n) is 2.15. The van der Waals surface area contributed by atoms with Gasteiger partial charge in [-0.1, -0.05) is 13.8 Å². The van der Waals surface area contributed by atoms with Crippen LogP contribution in [0.3, 0.4) is 0 Å². The Labute approximate surface area is 90.8 Å². The van der Waals surface area contributed by atoms with Gasteiger partial charge < -0.3 is 10.4 Å². The predicted molar refractivity (Wildman–Crippen MR) is 61.7 cm³/mol. The molecule has 0 aromatic carbocycles. The minimum absolute atomic E-state index is 0.0779. The summed E-state index contributed by atoms with van der Waals surface area (Å²) in [4.78, 5) is 0. The molecule has 2 nitrogen and oxygen atoms in total. The van der Waals surface area contributed by atoms with Gasteiger partial charge in [0.2, 0.25) is 0 Å². The molecule has 2 aliphatic carbocycles. The third-order valence-corrected chi connectivity index (χ3v) is 5.55. The summed E-state index contributed by atoms with van der Waals surface area (Å²) in [6, 6.07) is 0.516. The van der Waals surface area contributed by atoms with E-state index in [1.165, 1.54) is 12.8 Å². The van der Waals surface area contributed by atoms with Crippen LogP contribution in [0, 0.1) is 5.41 Å². The Morgan fingerprint density at radius 3 is 2.43 bits per heavy atom. The average molecular weight is 215 g/mol. The number of rotatable bonds is 4. The van der Waals surface area contributed by atoms with Crippen molar-refractivity contribution < 1.29 is 5.11 Å². The van der Waals surface area contributed by atoms with E-state index >= 15 is 0 Å². The molecule has 0 heterocycles. The summed E-state index contributed by atoms with van der Waals surface area (Å²) >= 11 is 1.99. The third-order valence-electron chi connectivity index (χ3n) is 4.13. The Bertz CT molecular complexity index is 225. The second-order valence-electron chi connectivity index (χ2n) is 5.39. The highest BCUT2D eigenvalue weighted by molar-refractivity contribution is 8.00. The molecule has 82 valence electrons. The maximum absolute atomic E-state index is 9.60. The normalized spacial score (nSPS) is 37.7. The topological polar surface area (TPSA) is 32.3 Å². The Balaban J connectivity index is 1.77. The summed E-state index contributed by atoms with van der Waals surface area (Å²) < 4.78 is 0.538. The van der Waals surface area contributed by atoms with Gasteiger partial charge in [-0.3, -0.25) is 0 Å². The van der Waals surface area contributed by atoms with Crippen LogP contribution in [0.25, 0.3) is 0 Å². The number of thioether (sulfide) groups is 1. The Morgan fingerprint density at radius 2 is 2.07 bits per heavy atom. The van der Waals surface area contributed by atoms with Crippen LogP contribution < -0.4 is 5.32 Å². The molecule has 2 unspecified atom stereocenters. The predicted octanol–water partition coefficient (Wildman–Crippen LogP) is 1.63. The van der Waals surface area contributed by atoms with Crippen molar-refractivity contribution in [2.45, 2.75) is 50.0 Å². The Morgan fingerprint density at radius 1 is 1.43 bits per heavy atom. The van der Waals surface area contributed by atoms with Crippen molar-refractivity contribution in [1.82, 2.24) is 5.32 Å². The highest BCUT2D eigenvalue weighted by Gasteiger charge is 2.49. The van der Waals surface area contributed by atoms with Gasteiger partial charge in [0.1, 0.15) is 0 Å². The van der Waals surface area contributed by atoms with Crippen molar-refractivity contribution in [3.05, 3.63) is 0 Å². The van der Waals surface area contributed by atoms with Gasteiger partial charge in [0.15, 0.2) is 0 Å². The first-order chi connectivity index (χ1) is 6.50. The lowest BCUT2D eigenvalue weighted by Crippen LogP contribution is -2.60. The summed E-state index contributed by atoms with van der Waals surface area (Å²) in [6.07, 6.45) is 5.74. The molecule has 0 aliphatic heterocycles. The summed E-state index contributed by atoms with van der Waals surface area (Å²) in [6.45, 7) is 5.42. The van der Waals surface area contributed by atoms with Gasteiger partial charge in [0.05, 0.1) is 6.10 Å². The molecule has 2 atom stereocenters. The van der Waals surface area contributed by atoms with Crippen LogP contribution in [-0.4, -0.2) is 34.8 Å². The molecule has 2 rings (SSSR count). The molecule has 0 amide bonds. The second kappa shape index (κ2) is 3.39. The molecular weight excluding hydrogens is 194 g/mol. The van der Waals surface area contributed by atoms with Crippen LogP contribution in [-0.2, 0) is 0 Å². The quantitative estimate of drug-likeness (QED) is 0.747. The minimum Gasteiger partial charge on any atom is -0.392 e. The van der Waals surface area contributed by atoms with Crippen LogP contribution in [0.1, 0.15) is 33.1 Å². The van der Waals surface area contributed by atoms with Crippen LogP contribution >= 0.6 is 11.8 Å². The van der Waals surface area contributed by atoms with E-state index in [1.807, 2.05) is 11.8 Å². The zero-order chi connectivity index (χ0) is 10.4. The average Bonchev–Trinajstić information content (AvgIpc) is 2.93. The smallest absolute Gasteiger partial charge is 0.0621 e. The van der Waals surface area contributed by atoms with Crippen LogP contribution in [0.4, 0.5) is 0 Å². The largest absolute Gasteiger partial charge is 0.392 e. The van der Waals surface area contributed by atoms with Crippen molar-refractivity contribution in [3.8, 4) is 0 Å². The molecular formula is C11H21NOS. The molecule has 2 aliphatic rings. The van der Waals surface area contributed by atoms with E-state index in [2.05, 4.69) is 25.4 Å². The van der Waals surface area contributed by atoms with E-state index in [9.17, 15) is 5.11 Å².